The van der Waals surface area contributed by atoms with Crippen LogP contribution in [0.15, 0.2) is 41.3 Å². The lowest BCUT2D eigenvalue weighted by Gasteiger charge is -2.48. The third kappa shape index (κ3) is 7.02. The molecule has 0 radical (unpaired) electrons. The molecule has 1 N–H and O–H groups in total. The van der Waals surface area contributed by atoms with Gasteiger partial charge in [-0.3, -0.25) is 4.18 Å². The Labute approximate surface area is 212 Å². The molecule has 34 heavy (non-hydrogen) atoms. The van der Waals surface area contributed by atoms with E-state index in [0.29, 0.717) is 32.5 Å². The highest BCUT2D eigenvalue weighted by Gasteiger charge is 2.51. The molecule has 0 aromatic heterocycles. The Morgan fingerprint density at radius 2 is 1.91 bits per heavy atom. The Kier molecular flexibility index (Phi) is 9.62. The highest BCUT2D eigenvalue weighted by Crippen LogP contribution is 2.55. The fourth-order valence-electron chi connectivity index (χ4n) is 4.50. The first-order chi connectivity index (χ1) is 16.0. The van der Waals surface area contributed by atoms with E-state index in [1.54, 1.807) is 45.9 Å². The van der Waals surface area contributed by atoms with Gasteiger partial charge in [0.1, 0.15) is 6.61 Å². The summed E-state index contributed by atoms with van der Waals surface area (Å²) in [6.07, 6.45) is 5.46. The Balaban J connectivity index is 1.71. The summed E-state index contributed by atoms with van der Waals surface area (Å²) in [6, 6.07) is 6.57. The van der Waals surface area contributed by atoms with Crippen molar-refractivity contribution in [3.05, 3.63) is 42.0 Å². The first-order valence-corrected chi connectivity index (χ1v) is 15.6. The quantitative estimate of drug-likeness (QED) is 0.211. The Morgan fingerprint density at radius 1 is 1.24 bits per heavy atom. The van der Waals surface area contributed by atoms with Crippen LogP contribution in [0.25, 0.3) is 0 Å². The molecule has 2 fully saturated rings. The van der Waals surface area contributed by atoms with Gasteiger partial charge in [-0.15, -0.1) is 6.58 Å². The van der Waals surface area contributed by atoms with E-state index < -0.39 is 21.5 Å². The van der Waals surface area contributed by atoms with Crippen molar-refractivity contribution in [2.24, 2.45) is 0 Å². The molecule has 1 aromatic carbocycles. The molecule has 0 saturated carbocycles. The van der Waals surface area contributed by atoms with Crippen LogP contribution < -0.4 is 0 Å². The van der Waals surface area contributed by atoms with Gasteiger partial charge in [-0.2, -0.15) is 8.42 Å². The van der Waals surface area contributed by atoms with Crippen LogP contribution in [-0.2, 0) is 23.8 Å². The smallest absolute Gasteiger partial charge is 0.297 e. The number of allylic oxidation sites excluding steroid dienone is 1. The van der Waals surface area contributed by atoms with Crippen molar-refractivity contribution >= 4 is 31.7 Å². The van der Waals surface area contributed by atoms with Crippen molar-refractivity contribution in [2.45, 2.75) is 86.7 Å². The number of hydrogen-bond donors (Lipinski definition) is 1. The summed E-state index contributed by atoms with van der Waals surface area (Å²) in [7, 11) is -0.386. The van der Waals surface area contributed by atoms with Gasteiger partial charge in [0.15, 0.2) is 5.79 Å². The van der Waals surface area contributed by atoms with Gasteiger partial charge in [-0.25, -0.2) is 0 Å². The number of ether oxygens (including phenoxy) is 2. The summed E-state index contributed by atoms with van der Waals surface area (Å²) in [5.74, 6) is -0.0778. The average Bonchev–Trinajstić information content (AvgIpc) is 3.26. The highest BCUT2D eigenvalue weighted by molar-refractivity contribution is 8.77. The van der Waals surface area contributed by atoms with Crippen molar-refractivity contribution in [3.63, 3.8) is 0 Å². The molecule has 2 aliphatic heterocycles. The maximum Gasteiger partial charge on any atom is 0.297 e. The minimum atomic E-state index is -3.94. The first-order valence-electron chi connectivity index (χ1n) is 11.9. The highest BCUT2D eigenvalue weighted by atomic mass is 33.1. The van der Waals surface area contributed by atoms with Gasteiger partial charge in [0, 0.05) is 12.2 Å². The van der Waals surface area contributed by atoms with Gasteiger partial charge in [0.25, 0.3) is 10.1 Å². The second-order valence-electron chi connectivity index (χ2n) is 9.72. The molecule has 0 aliphatic carbocycles. The van der Waals surface area contributed by atoms with Gasteiger partial charge in [0.05, 0.1) is 28.5 Å². The van der Waals surface area contributed by atoms with Crippen molar-refractivity contribution in [1.29, 1.82) is 0 Å². The second kappa shape index (κ2) is 11.7. The number of aryl methyl sites for hydroxylation is 1. The second-order valence-corrected chi connectivity index (χ2v) is 14.1. The SMILES string of the molecule is C=C(C)CCCC(C)(O)C1(CCC2(COS(=O)(=O)c3ccc(C)cc3)OCCO2)CCCSS1. The van der Waals surface area contributed by atoms with Crippen LogP contribution in [0.3, 0.4) is 0 Å². The third-order valence-electron chi connectivity index (χ3n) is 6.74. The van der Waals surface area contributed by atoms with Crippen molar-refractivity contribution in [2.75, 3.05) is 25.6 Å². The Morgan fingerprint density at radius 3 is 2.50 bits per heavy atom. The summed E-state index contributed by atoms with van der Waals surface area (Å²) in [5.41, 5.74) is 1.21. The van der Waals surface area contributed by atoms with Gasteiger partial charge >= 0.3 is 0 Å². The molecule has 9 heteroatoms. The minimum Gasteiger partial charge on any atom is -0.389 e. The van der Waals surface area contributed by atoms with E-state index in [1.165, 1.54) is 0 Å². The molecule has 1 aromatic rings. The van der Waals surface area contributed by atoms with Crippen molar-refractivity contribution in [1.82, 2.24) is 0 Å². The Hall–Kier alpha value is -0.550. The zero-order valence-corrected chi connectivity index (χ0v) is 23.0. The van der Waals surface area contributed by atoms with Gasteiger partial charge in [-0.05, 0) is 71.4 Å². The zero-order valence-electron chi connectivity index (χ0n) is 20.5. The number of rotatable bonds is 12. The third-order valence-corrected chi connectivity index (χ3v) is 11.6. The van der Waals surface area contributed by atoms with E-state index in [9.17, 15) is 13.5 Å². The molecule has 2 saturated heterocycles. The minimum absolute atomic E-state index is 0.113. The molecular formula is C25H38O6S3. The number of benzene rings is 1. The molecular weight excluding hydrogens is 492 g/mol. The summed E-state index contributed by atoms with van der Waals surface area (Å²) < 4.78 is 42.4. The van der Waals surface area contributed by atoms with Crippen molar-refractivity contribution < 1.29 is 27.2 Å². The topological polar surface area (TPSA) is 82.1 Å². The van der Waals surface area contributed by atoms with Crippen LogP contribution in [-0.4, -0.2) is 55.2 Å². The zero-order chi connectivity index (χ0) is 24.9. The van der Waals surface area contributed by atoms with E-state index in [0.717, 1.165) is 42.6 Å². The molecule has 2 unspecified atom stereocenters. The van der Waals surface area contributed by atoms with Crippen LogP contribution in [0.2, 0.25) is 0 Å². The van der Waals surface area contributed by atoms with Crippen LogP contribution in [0, 0.1) is 6.92 Å². The van der Waals surface area contributed by atoms with E-state index in [2.05, 4.69) is 6.58 Å². The van der Waals surface area contributed by atoms with Gasteiger partial charge < -0.3 is 14.6 Å². The molecule has 0 bridgehead atoms. The van der Waals surface area contributed by atoms with Crippen LogP contribution in [0.5, 0.6) is 0 Å². The molecule has 192 valence electrons. The largest absolute Gasteiger partial charge is 0.389 e. The first kappa shape index (κ1) is 28.0. The van der Waals surface area contributed by atoms with E-state index in [4.69, 9.17) is 13.7 Å². The van der Waals surface area contributed by atoms with E-state index >= 15 is 0 Å². The molecule has 6 nitrogen and oxygen atoms in total. The van der Waals surface area contributed by atoms with Gasteiger partial charge in [-0.1, -0.05) is 44.9 Å². The lowest BCUT2D eigenvalue weighted by atomic mass is 9.77. The summed E-state index contributed by atoms with van der Waals surface area (Å²) in [5, 5.41) is 11.6. The Bertz CT molecular complexity index is 914. The van der Waals surface area contributed by atoms with Crippen LogP contribution in [0.1, 0.15) is 64.4 Å². The lowest BCUT2D eigenvalue weighted by Crippen LogP contribution is -2.52. The van der Waals surface area contributed by atoms with Crippen LogP contribution in [0.4, 0.5) is 0 Å². The maximum absolute atomic E-state index is 12.8. The maximum atomic E-state index is 12.8. The normalized spacial score (nSPS) is 24.6. The predicted octanol–water partition coefficient (Wildman–Crippen LogP) is 5.64. The molecule has 2 aliphatic rings. The fourth-order valence-corrected chi connectivity index (χ4v) is 9.02. The van der Waals surface area contributed by atoms with Crippen molar-refractivity contribution in [3.8, 4) is 0 Å². The predicted molar refractivity (Wildman–Crippen MR) is 139 cm³/mol. The molecule has 0 amide bonds. The lowest BCUT2D eigenvalue weighted by molar-refractivity contribution is -0.184. The molecule has 3 rings (SSSR count). The standard InChI is InChI=1S/C25H38O6S3/c1-20(2)7-5-12-23(4,26)24(13-6-18-32-33-24)14-15-25(29-16-17-30-25)19-31-34(27,28)22-10-8-21(3)9-11-22/h8-11,26H,1,5-7,12-19H2,2-4H3. The monoisotopic (exact) mass is 530 g/mol. The molecule has 2 heterocycles. The number of aliphatic hydroxyl groups is 1. The fraction of sp³-hybridized carbons (Fsp3) is 0.680. The number of hydrogen-bond acceptors (Lipinski definition) is 8. The average molecular weight is 531 g/mol. The van der Waals surface area contributed by atoms with E-state index in [1.807, 2.05) is 20.8 Å². The molecule has 2 atom stereocenters. The molecule has 0 spiro atoms. The van der Waals surface area contributed by atoms with E-state index in [-0.39, 0.29) is 16.2 Å². The summed E-state index contributed by atoms with van der Waals surface area (Å²) in [4.78, 5) is 0.113. The van der Waals surface area contributed by atoms with Crippen LogP contribution >= 0.6 is 21.6 Å². The van der Waals surface area contributed by atoms with Gasteiger partial charge in [0.2, 0.25) is 0 Å². The summed E-state index contributed by atoms with van der Waals surface area (Å²) >= 11 is 0. The summed E-state index contributed by atoms with van der Waals surface area (Å²) in [6.45, 7) is 10.4.